The Bertz CT molecular complexity index is 811. The van der Waals surface area contributed by atoms with Gasteiger partial charge in [0.25, 0.3) is 5.91 Å². The average molecular weight is 355 g/mol. The van der Waals surface area contributed by atoms with Crippen molar-refractivity contribution in [3.63, 3.8) is 0 Å². The Morgan fingerprint density at radius 3 is 2.27 bits per heavy atom. The van der Waals surface area contributed by atoms with E-state index in [4.69, 9.17) is 9.47 Å². The molecule has 6 nitrogen and oxygen atoms in total. The van der Waals surface area contributed by atoms with Crippen molar-refractivity contribution >= 4 is 23.3 Å². The minimum absolute atomic E-state index is 0.0550. The average Bonchev–Trinajstić information content (AvgIpc) is 2.59. The summed E-state index contributed by atoms with van der Waals surface area (Å²) in [6, 6.07) is 12.1. The quantitative estimate of drug-likeness (QED) is 0.610. The van der Waals surface area contributed by atoms with Gasteiger partial charge in [-0.1, -0.05) is 17.7 Å². The molecule has 2 aromatic carbocycles. The zero-order chi connectivity index (χ0) is 19.1. The number of nitrogens with one attached hydrogen (secondary N) is 1. The first-order valence-corrected chi connectivity index (χ1v) is 8.11. The van der Waals surface area contributed by atoms with Crippen LogP contribution >= 0.6 is 0 Å². The second-order valence-electron chi connectivity index (χ2n) is 5.90. The highest BCUT2D eigenvalue weighted by Crippen LogP contribution is 2.18. The van der Waals surface area contributed by atoms with E-state index in [2.05, 4.69) is 5.32 Å². The topological polar surface area (TPSA) is 81.7 Å². The number of aryl methyl sites for hydroxylation is 2. The van der Waals surface area contributed by atoms with Crippen molar-refractivity contribution in [1.82, 2.24) is 0 Å². The number of carbonyl (C=O) groups excluding carboxylic acids is 3. The van der Waals surface area contributed by atoms with E-state index >= 15 is 0 Å². The lowest BCUT2D eigenvalue weighted by molar-refractivity contribution is -0.149. The number of esters is 1. The summed E-state index contributed by atoms with van der Waals surface area (Å²) in [4.78, 5) is 34.7. The molecule has 136 valence electrons. The minimum atomic E-state index is -0.632. The summed E-state index contributed by atoms with van der Waals surface area (Å²) in [7, 11) is 0. The van der Waals surface area contributed by atoms with E-state index in [1.165, 1.54) is 6.92 Å². The molecule has 0 bridgehead atoms. The molecule has 6 heteroatoms. The van der Waals surface area contributed by atoms with Gasteiger partial charge in [-0.15, -0.1) is 0 Å². The molecule has 0 aliphatic heterocycles. The second kappa shape index (κ2) is 8.80. The fraction of sp³-hybridized carbons (Fsp3) is 0.250. The molecule has 1 amide bonds. The highest BCUT2D eigenvalue weighted by atomic mass is 16.6. The summed E-state index contributed by atoms with van der Waals surface area (Å²) >= 11 is 0. The van der Waals surface area contributed by atoms with E-state index in [9.17, 15) is 14.4 Å². The van der Waals surface area contributed by atoms with Crippen LogP contribution in [0.1, 0.15) is 28.4 Å². The van der Waals surface area contributed by atoms with Gasteiger partial charge in [-0.3, -0.25) is 9.59 Å². The molecule has 0 unspecified atom stereocenters. The lowest BCUT2D eigenvalue weighted by atomic mass is 10.1. The van der Waals surface area contributed by atoms with E-state index in [1.54, 1.807) is 30.3 Å². The number of ether oxygens (including phenoxy) is 2. The first-order valence-electron chi connectivity index (χ1n) is 8.11. The third-order valence-corrected chi connectivity index (χ3v) is 3.62. The summed E-state index contributed by atoms with van der Waals surface area (Å²) in [6.07, 6.45) is 0. The monoisotopic (exact) mass is 355 g/mol. The predicted octanol–water partition coefficient (Wildman–Crippen LogP) is 3.07. The van der Waals surface area contributed by atoms with Gasteiger partial charge in [0.15, 0.2) is 19.0 Å². The smallest absolute Gasteiger partial charge is 0.344 e. The summed E-state index contributed by atoms with van der Waals surface area (Å²) in [5, 5.41) is 2.58. The lowest BCUT2D eigenvalue weighted by Gasteiger charge is -2.10. The molecular formula is C20H21NO5. The number of anilines is 1. The van der Waals surface area contributed by atoms with Crippen LogP contribution in [0.15, 0.2) is 42.5 Å². The van der Waals surface area contributed by atoms with Crippen LogP contribution in [-0.2, 0) is 14.3 Å². The third-order valence-electron chi connectivity index (χ3n) is 3.62. The van der Waals surface area contributed by atoms with Crippen molar-refractivity contribution in [2.75, 3.05) is 18.5 Å². The fourth-order valence-corrected chi connectivity index (χ4v) is 2.27. The highest BCUT2D eigenvalue weighted by Gasteiger charge is 2.10. The molecule has 0 spiro atoms. The van der Waals surface area contributed by atoms with Crippen molar-refractivity contribution in [1.29, 1.82) is 0 Å². The number of hydrogen-bond acceptors (Lipinski definition) is 5. The highest BCUT2D eigenvalue weighted by molar-refractivity contribution is 5.96. The Morgan fingerprint density at radius 1 is 0.962 bits per heavy atom. The summed E-state index contributed by atoms with van der Waals surface area (Å²) < 4.78 is 10.3. The largest absolute Gasteiger partial charge is 0.482 e. The van der Waals surface area contributed by atoms with Crippen molar-refractivity contribution in [3.8, 4) is 5.75 Å². The second-order valence-corrected chi connectivity index (χ2v) is 5.90. The lowest BCUT2D eigenvalue weighted by Crippen LogP contribution is -2.23. The molecule has 0 fully saturated rings. The molecule has 0 aliphatic rings. The number of hydrogen-bond donors (Lipinski definition) is 1. The van der Waals surface area contributed by atoms with Crippen molar-refractivity contribution in [2.45, 2.75) is 20.8 Å². The number of rotatable bonds is 7. The Balaban J connectivity index is 1.76. The Morgan fingerprint density at radius 2 is 1.65 bits per heavy atom. The van der Waals surface area contributed by atoms with Crippen LogP contribution < -0.4 is 10.1 Å². The maximum atomic E-state index is 11.8. The fourth-order valence-electron chi connectivity index (χ4n) is 2.27. The molecule has 2 aromatic rings. The van der Waals surface area contributed by atoms with Crippen molar-refractivity contribution in [3.05, 3.63) is 59.2 Å². The van der Waals surface area contributed by atoms with Crippen molar-refractivity contribution in [2.24, 2.45) is 0 Å². The molecule has 2 rings (SSSR count). The number of ketones is 1. The zero-order valence-corrected chi connectivity index (χ0v) is 15.0. The summed E-state index contributed by atoms with van der Waals surface area (Å²) in [6.45, 7) is 4.64. The number of Topliss-reactive ketones (excluding diaryl/α,β-unsaturated/α-hetero) is 1. The number of carbonyl (C=O) groups is 3. The molecule has 0 saturated heterocycles. The maximum absolute atomic E-state index is 11.8. The SMILES string of the molecule is CC(=O)c1ccc(NC(=O)COC(=O)COc2ccc(C)cc2C)cc1. The maximum Gasteiger partial charge on any atom is 0.344 e. The molecule has 0 aromatic heterocycles. The molecule has 0 heterocycles. The molecule has 0 radical (unpaired) electrons. The van der Waals surface area contributed by atoms with E-state index in [-0.39, 0.29) is 12.4 Å². The molecule has 26 heavy (non-hydrogen) atoms. The Hall–Kier alpha value is -3.15. The number of amides is 1. The van der Waals surface area contributed by atoms with Gasteiger partial charge in [0.05, 0.1) is 0 Å². The van der Waals surface area contributed by atoms with Gasteiger partial charge in [0.2, 0.25) is 0 Å². The first-order chi connectivity index (χ1) is 12.3. The van der Waals surface area contributed by atoms with Crippen LogP contribution in [0.4, 0.5) is 5.69 Å². The standard InChI is InChI=1S/C20H21NO5/c1-13-4-9-18(14(2)10-13)25-12-20(24)26-11-19(23)21-17-7-5-16(6-8-17)15(3)22/h4-10H,11-12H2,1-3H3,(H,21,23). The molecule has 1 N–H and O–H groups in total. The van der Waals surface area contributed by atoms with Crippen LogP contribution in [0, 0.1) is 13.8 Å². The van der Waals surface area contributed by atoms with Gasteiger partial charge in [0, 0.05) is 11.3 Å². The van der Waals surface area contributed by atoms with Crippen LogP contribution in [0.3, 0.4) is 0 Å². The summed E-state index contributed by atoms with van der Waals surface area (Å²) in [5.41, 5.74) is 3.09. The van der Waals surface area contributed by atoms with Crippen LogP contribution in [-0.4, -0.2) is 30.9 Å². The molecule has 0 atom stereocenters. The van der Waals surface area contributed by atoms with E-state index in [0.717, 1.165) is 11.1 Å². The van der Waals surface area contributed by atoms with Crippen LogP contribution in [0.5, 0.6) is 5.75 Å². The molecular weight excluding hydrogens is 334 g/mol. The third kappa shape index (κ3) is 5.73. The first kappa shape index (κ1) is 19.2. The van der Waals surface area contributed by atoms with Gasteiger partial charge in [-0.2, -0.15) is 0 Å². The van der Waals surface area contributed by atoms with Gasteiger partial charge in [-0.25, -0.2) is 4.79 Å². The normalized spacial score (nSPS) is 10.1. The van der Waals surface area contributed by atoms with Crippen LogP contribution in [0.25, 0.3) is 0 Å². The zero-order valence-electron chi connectivity index (χ0n) is 15.0. The van der Waals surface area contributed by atoms with Crippen molar-refractivity contribution < 1.29 is 23.9 Å². The Labute approximate surface area is 152 Å². The Kier molecular flexibility index (Phi) is 6.49. The van der Waals surface area contributed by atoms with E-state index in [1.807, 2.05) is 26.0 Å². The summed E-state index contributed by atoms with van der Waals surface area (Å²) in [5.74, 6) is -0.560. The van der Waals surface area contributed by atoms with E-state index < -0.39 is 18.5 Å². The number of benzene rings is 2. The predicted molar refractivity (Wildman–Crippen MR) is 97.4 cm³/mol. The molecule has 0 saturated carbocycles. The van der Waals surface area contributed by atoms with Gasteiger partial charge >= 0.3 is 5.97 Å². The van der Waals surface area contributed by atoms with E-state index in [0.29, 0.717) is 17.0 Å². The minimum Gasteiger partial charge on any atom is -0.482 e. The van der Waals surface area contributed by atoms with Gasteiger partial charge in [0.1, 0.15) is 5.75 Å². The van der Waals surface area contributed by atoms with Gasteiger partial charge < -0.3 is 14.8 Å². The molecule has 0 aliphatic carbocycles. The van der Waals surface area contributed by atoms with Gasteiger partial charge in [-0.05, 0) is 56.7 Å². The van der Waals surface area contributed by atoms with Crippen LogP contribution in [0.2, 0.25) is 0 Å².